The van der Waals surface area contributed by atoms with E-state index in [4.69, 9.17) is 24.3 Å². The van der Waals surface area contributed by atoms with E-state index in [0.717, 1.165) is 28.0 Å². The number of aromatic nitrogens is 2. The molecule has 0 radical (unpaired) electrons. The highest BCUT2D eigenvalue weighted by molar-refractivity contribution is 9.13. The fraction of sp³-hybridized carbons (Fsp3) is 0.229. The average molecular weight is 719 g/mol. The van der Waals surface area contributed by atoms with E-state index in [-0.39, 0.29) is 11.5 Å². The maximum atomic E-state index is 13.9. The van der Waals surface area contributed by atoms with E-state index in [1.54, 1.807) is 19.4 Å². The fourth-order valence-electron chi connectivity index (χ4n) is 4.92. The standard InChI is InChI=1S/C35H33Br2N3O4/c1-6-43-30-17-24(31(36)32(37)33(30)44-20-23-12-8-7-9-13-23)19-38-40-34(39-28-15-11-10-14-25(28)35(40)41)27-18-26(21(2)3)29(42-5)16-22(27)4/h7-19,21H,6,20H2,1-5H3. The van der Waals surface area contributed by atoms with E-state index < -0.39 is 0 Å². The van der Waals surface area contributed by atoms with Crippen LogP contribution in [0.2, 0.25) is 0 Å². The van der Waals surface area contributed by atoms with Gasteiger partial charge >= 0.3 is 0 Å². The molecule has 0 saturated heterocycles. The molecule has 1 heterocycles. The van der Waals surface area contributed by atoms with Crippen molar-refractivity contribution in [3.8, 4) is 28.6 Å². The van der Waals surface area contributed by atoms with E-state index in [9.17, 15) is 4.79 Å². The molecule has 0 saturated carbocycles. The summed E-state index contributed by atoms with van der Waals surface area (Å²) in [4.78, 5) is 18.8. The maximum Gasteiger partial charge on any atom is 0.282 e. The van der Waals surface area contributed by atoms with E-state index in [1.165, 1.54) is 4.68 Å². The first-order valence-electron chi connectivity index (χ1n) is 14.3. The van der Waals surface area contributed by atoms with Crippen molar-refractivity contribution >= 4 is 49.0 Å². The molecule has 0 atom stereocenters. The molecule has 0 N–H and O–H groups in total. The van der Waals surface area contributed by atoms with Crippen molar-refractivity contribution in [1.82, 2.24) is 9.66 Å². The second-order valence-electron chi connectivity index (χ2n) is 10.5. The summed E-state index contributed by atoms with van der Waals surface area (Å²) in [6.07, 6.45) is 1.63. The van der Waals surface area contributed by atoms with Gasteiger partial charge < -0.3 is 14.2 Å². The van der Waals surface area contributed by atoms with Crippen LogP contribution >= 0.6 is 31.9 Å². The predicted molar refractivity (Wildman–Crippen MR) is 184 cm³/mol. The van der Waals surface area contributed by atoms with Gasteiger partial charge in [-0.25, -0.2) is 4.98 Å². The largest absolute Gasteiger partial charge is 0.496 e. The molecule has 0 aliphatic carbocycles. The minimum absolute atomic E-state index is 0.196. The average Bonchev–Trinajstić information content (AvgIpc) is 3.02. The predicted octanol–water partition coefficient (Wildman–Crippen LogP) is 8.89. The zero-order valence-electron chi connectivity index (χ0n) is 25.2. The van der Waals surface area contributed by atoms with Crippen LogP contribution in [0.25, 0.3) is 22.3 Å². The van der Waals surface area contributed by atoms with Crippen LogP contribution in [-0.2, 0) is 6.61 Å². The van der Waals surface area contributed by atoms with Crippen molar-refractivity contribution in [2.24, 2.45) is 5.10 Å². The summed E-state index contributed by atoms with van der Waals surface area (Å²) in [5.74, 6) is 2.55. The van der Waals surface area contributed by atoms with Gasteiger partial charge in [0.1, 0.15) is 12.4 Å². The highest BCUT2D eigenvalue weighted by atomic mass is 79.9. The molecule has 1 aromatic heterocycles. The first-order valence-corrected chi connectivity index (χ1v) is 15.9. The molecular weight excluding hydrogens is 686 g/mol. The summed E-state index contributed by atoms with van der Waals surface area (Å²) in [7, 11) is 1.67. The molecule has 0 aliphatic rings. The minimum atomic E-state index is -0.272. The number of fused-ring (bicyclic) bond motifs is 1. The van der Waals surface area contributed by atoms with Crippen LogP contribution in [0.15, 0.2) is 91.6 Å². The lowest BCUT2D eigenvalue weighted by Crippen LogP contribution is -2.21. The third-order valence-corrected chi connectivity index (χ3v) is 9.33. The lowest BCUT2D eigenvalue weighted by molar-refractivity contribution is 0.267. The number of hydrogen-bond donors (Lipinski definition) is 0. The summed E-state index contributed by atoms with van der Waals surface area (Å²) >= 11 is 7.39. The molecule has 226 valence electrons. The molecule has 0 bridgehead atoms. The fourth-order valence-corrected chi connectivity index (χ4v) is 5.85. The number of methoxy groups -OCH3 is 1. The minimum Gasteiger partial charge on any atom is -0.496 e. The van der Waals surface area contributed by atoms with E-state index >= 15 is 0 Å². The van der Waals surface area contributed by atoms with Crippen molar-refractivity contribution in [2.75, 3.05) is 13.7 Å². The number of para-hydroxylation sites is 1. The van der Waals surface area contributed by atoms with Gasteiger partial charge in [0.15, 0.2) is 17.3 Å². The maximum absolute atomic E-state index is 13.9. The van der Waals surface area contributed by atoms with Gasteiger partial charge in [0, 0.05) is 15.6 Å². The number of benzene rings is 4. The molecular formula is C35H33Br2N3O4. The third kappa shape index (κ3) is 6.44. The van der Waals surface area contributed by atoms with Gasteiger partial charge in [0.2, 0.25) is 0 Å². The zero-order valence-corrected chi connectivity index (χ0v) is 28.4. The van der Waals surface area contributed by atoms with Crippen LogP contribution in [0.1, 0.15) is 48.9 Å². The summed E-state index contributed by atoms with van der Waals surface area (Å²) in [6, 6.07) is 23.1. The van der Waals surface area contributed by atoms with Crippen molar-refractivity contribution < 1.29 is 14.2 Å². The number of rotatable bonds is 10. The first kappa shape index (κ1) is 31.5. The number of halogens is 2. The molecule has 0 aliphatic heterocycles. The monoisotopic (exact) mass is 717 g/mol. The Bertz CT molecular complexity index is 1900. The molecule has 44 heavy (non-hydrogen) atoms. The van der Waals surface area contributed by atoms with E-state index in [2.05, 4.69) is 45.7 Å². The van der Waals surface area contributed by atoms with Crippen molar-refractivity contribution in [3.63, 3.8) is 0 Å². The van der Waals surface area contributed by atoms with Crippen molar-refractivity contribution in [1.29, 1.82) is 0 Å². The molecule has 5 rings (SSSR count). The summed E-state index contributed by atoms with van der Waals surface area (Å²) < 4.78 is 20.6. The molecule has 0 amide bonds. The van der Waals surface area contributed by atoms with E-state index in [1.807, 2.05) is 80.6 Å². The Morgan fingerprint density at radius 2 is 1.68 bits per heavy atom. The molecule has 0 fully saturated rings. The highest BCUT2D eigenvalue weighted by Gasteiger charge is 2.20. The van der Waals surface area contributed by atoms with Gasteiger partial charge in [0.05, 0.1) is 35.3 Å². The molecule has 4 aromatic carbocycles. The first-order chi connectivity index (χ1) is 21.2. The van der Waals surface area contributed by atoms with Crippen LogP contribution in [0.4, 0.5) is 0 Å². The number of aryl methyl sites for hydroxylation is 1. The van der Waals surface area contributed by atoms with Gasteiger partial charge in [-0.15, -0.1) is 0 Å². The van der Waals surface area contributed by atoms with Crippen molar-refractivity contribution in [2.45, 2.75) is 40.2 Å². The van der Waals surface area contributed by atoms with Crippen LogP contribution < -0.4 is 19.8 Å². The molecule has 7 nitrogen and oxygen atoms in total. The molecule has 0 spiro atoms. The lowest BCUT2D eigenvalue weighted by Gasteiger charge is -2.18. The van der Waals surface area contributed by atoms with Crippen LogP contribution in [0, 0.1) is 6.92 Å². The Hall–Kier alpha value is -3.95. The third-order valence-electron chi connectivity index (χ3n) is 7.19. The smallest absolute Gasteiger partial charge is 0.282 e. The zero-order chi connectivity index (χ0) is 31.4. The summed E-state index contributed by atoms with van der Waals surface area (Å²) in [6.45, 7) is 8.93. The van der Waals surface area contributed by atoms with Gasteiger partial charge in [0.25, 0.3) is 5.56 Å². The Labute approximate surface area is 273 Å². The van der Waals surface area contributed by atoms with Gasteiger partial charge in [-0.1, -0.05) is 56.3 Å². The Morgan fingerprint density at radius 3 is 2.39 bits per heavy atom. The Kier molecular flexibility index (Phi) is 9.86. The normalized spacial score (nSPS) is 11.5. The van der Waals surface area contributed by atoms with Crippen LogP contribution in [0.5, 0.6) is 17.2 Å². The molecule has 0 unspecified atom stereocenters. The Morgan fingerprint density at radius 1 is 0.955 bits per heavy atom. The second kappa shape index (κ2) is 13.8. The topological polar surface area (TPSA) is 74.9 Å². The SMILES string of the molecule is CCOc1cc(C=Nn2c(-c3cc(C(C)C)c(OC)cc3C)nc3ccccc3c2=O)c(Br)c(Br)c1OCc1ccccc1. The number of ether oxygens (including phenoxy) is 3. The quantitative estimate of drug-likeness (QED) is 0.135. The molecule has 9 heteroatoms. The Balaban J connectivity index is 1.64. The van der Waals surface area contributed by atoms with Gasteiger partial charge in [-0.2, -0.15) is 9.78 Å². The second-order valence-corrected chi connectivity index (χ2v) is 12.1. The van der Waals surface area contributed by atoms with Gasteiger partial charge in [-0.05, 0) is 98.6 Å². The lowest BCUT2D eigenvalue weighted by atomic mass is 9.96. The van der Waals surface area contributed by atoms with Crippen LogP contribution in [0.3, 0.4) is 0 Å². The number of hydrogen-bond acceptors (Lipinski definition) is 6. The summed E-state index contributed by atoms with van der Waals surface area (Å²) in [5, 5.41) is 5.20. The van der Waals surface area contributed by atoms with Gasteiger partial charge in [-0.3, -0.25) is 4.79 Å². The van der Waals surface area contributed by atoms with Crippen molar-refractivity contribution in [3.05, 3.63) is 114 Å². The van der Waals surface area contributed by atoms with E-state index in [0.29, 0.717) is 55.9 Å². The molecule has 5 aromatic rings. The van der Waals surface area contributed by atoms with Crippen LogP contribution in [-0.4, -0.2) is 29.6 Å². The highest BCUT2D eigenvalue weighted by Crippen LogP contribution is 2.43. The summed E-state index contributed by atoms with van der Waals surface area (Å²) in [5.41, 5.74) is 4.79. The number of nitrogens with zero attached hydrogens (tertiary/aromatic N) is 3.